The smallest absolute Gasteiger partial charge is 0.257 e. The quantitative estimate of drug-likeness (QED) is 0.571. The highest BCUT2D eigenvalue weighted by Gasteiger charge is 2.40. The van der Waals surface area contributed by atoms with E-state index in [0.29, 0.717) is 10.0 Å². The molecule has 1 aromatic carbocycles. The van der Waals surface area contributed by atoms with Crippen molar-refractivity contribution in [2.45, 2.75) is 44.6 Å². The summed E-state index contributed by atoms with van der Waals surface area (Å²) < 4.78 is 0. The molecule has 1 amide bonds. The minimum absolute atomic E-state index is 0.00985. The first-order valence-corrected chi connectivity index (χ1v) is 12.8. The minimum Gasteiger partial charge on any atom is -0.287 e. The molecule has 1 aromatic heterocycles. The summed E-state index contributed by atoms with van der Waals surface area (Å²) in [6.07, 6.45) is 8.56. The lowest BCUT2D eigenvalue weighted by Gasteiger charge is -2.29. The van der Waals surface area contributed by atoms with Crippen LogP contribution in [0.25, 0.3) is 6.08 Å². The third kappa shape index (κ3) is 4.47. The van der Waals surface area contributed by atoms with Crippen molar-refractivity contribution in [1.82, 2.24) is 15.9 Å². The van der Waals surface area contributed by atoms with Crippen LogP contribution < -0.4 is 15.9 Å². The van der Waals surface area contributed by atoms with Crippen molar-refractivity contribution >= 4 is 52.2 Å². The number of piperidine rings is 1. The van der Waals surface area contributed by atoms with Crippen LogP contribution in [-0.4, -0.2) is 30.0 Å². The van der Waals surface area contributed by atoms with Crippen molar-refractivity contribution in [1.29, 1.82) is 0 Å². The number of allylic oxidation sites excluding steroid dienone is 1. The van der Waals surface area contributed by atoms with E-state index in [2.05, 4.69) is 39.4 Å². The number of nitrogens with zero attached hydrogens (tertiary/aromatic N) is 2. The van der Waals surface area contributed by atoms with E-state index in [1.165, 1.54) is 16.9 Å². The summed E-state index contributed by atoms with van der Waals surface area (Å²) in [5.74, 6) is -0.00985. The molecule has 3 aliphatic rings. The molecule has 1 unspecified atom stereocenters. The van der Waals surface area contributed by atoms with E-state index < -0.39 is 6.04 Å². The van der Waals surface area contributed by atoms with E-state index in [9.17, 15) is 4.79 Å². The van der Waals surface area contributed by atoms with Gasteiger partial charge in [0.1, 0.15) is 6.04 Å². The molecule has 3 heterocycles. The Balaban J connectivity index is 1.52. The average Bonchev–Trinajstić information content (AvgIpc) is 3.43. The molecule has 0 saturated carbocycles. The van der Waals surface area contributed by atoms with E-state index in [-0.39, 0.29) is 5.91 Å². The molecule has 0 radical (unpaired) electrons. The Morgan fingerprint density at radius 2 is 1.97 bits per heavy atom. The van der Waals surface area contributed by atoms with E-state index in [4.69, 9.17) is 23.2 Å². The van der Waals surface area contributed by atoms with Gasteiger partial charge in [0.2, 0.25) is 0 Å². The highest BCUT2D eigenvalue weighted by Crippen LogP contribution is 2.43. The van der Waals surface area contributed by atoms with E-state index in [0.717, 1.165) is 62.2 Å². The van der Waals surface area contributed by atoms with Crippen molar-refractivity contribution < 1.29 is 4.79 Å². The van der Waals surface area contributed by atoms with Gasteiger partial charge in [-0.2, -0.15) is 0 Å². The van der Waals surface area contributed by atoms with Gasteiger partial charge in [0, 0.05) is 23.0 Å². The first kappa shape index (κ1) is 22.0. The molecule has 5 nitrogen and oxygen atoms in total. The number of hydrazine groups is 2. The molecule has 2 aromatic rings. The number of rotatable bonds is 4. The van der Waals surface area contributed by atoms with Gasteiger partial charge in [0.25, 0.3) is 5.91 Å². The fraction of sp³-hybridized carbons (Fsp3) is 0.375. The summed E-state index contributed by atoms with van der Waals surface area (Å²) in [7, 11) is 0. The van der Waals surface area contributed by atoms with Gasteiger partial charge in [-0.05, 0) is 79.0 Å². The second-order valence-corrected chi connectivity index (χ2v) is 10.3. The van der Waals surface area contributed by atoms with E-state index >= 15 is 0 Å². The lowest BCUT2D eigenvalue weighted by Crippen LogP contribution is -2.53. The molecule has 0 spiro atoms. The molecule has 5 rings (SSSR count). The Morgan fingerprint density at radius 3 is 2.72 bits per heavy atom. The molecule has 8 heteroatoms. The molecule has 2 N–H and O–H groups in total. The molecule has 0 bridgehead atoms. The third-order valence-corrected chi connectivity index (χ3v) is 7.58. The molecule has 1 aliphatic carbocycles. The standard InChI is InChI=1S/C24H26Cl2N4OS/c25-17-9-10-21(20(26)15-17)30-23-16(14-18-7-5-13-32-18)6-4-8-19(23)22(27-30)24(31)28-29-11-2-1-3-12-29/h5,7,9-10,13-15,22,27H,1-4,6,8,11-12H2,(H,28,31)/b16-14+. The minimum atomic E-state index is -0.425. The fourth-order valence-electron chi connectivity index (χ4n) is 4.73. The third-order valence-electron chi connectivity index (χ3n) is 6.23. The largest absolute Gasteiger partial charge is 0.287 e. The molecule has 168 valence electrons. The first-order chi connectivity index (χ1) is 15.6. The number of hydrogen-bond acceptors (Lipinski definition) is 5. The maximum absolute atomic E-state index is 13.4. The Bertz CT molecular complexity index is 1060. The summed E-state index contributed by atoms with van der Waals surface area (Å²) >= 11 is 14.5. The van der Waals surface area contributed by atoms with Gasteiger partial charge >= 0.3 is 0 Å². The Kier molecular flexibility index (Phi) is 6.58. The SMILES string of the molecule is O=C(NN1CCCCC1)C1NN(c2ccc(Cl)cc2Cl)C2=C1CCC/C2=C\c1cccs1. The maximum atomic E-state index is 13.4. The predicted octanol–water partition coefficient (Wildman–Crippen LogP) is 5.79. The van der Waals surface area contributed by atoms with E-state index in [1.54, 1.807) is 17.4 Å². The summed E-state index contributed by atoms with van der Waals surface area (Å²) in [6, 6.07) is 9.24. The number of hydrogen-bond donors (Lipinski definition) is 2. The van der Waals surface area contributed by atoms with Crippen molar-refractivity contribution in [3.05, 3.63) is 67.5 Å². The summed E-state index contributed by atoms with van der Waals surface area (Å²) in [4.78, 5) is 14.6. The zero-order valence-electron chi connectivity index (χ0n) is 17.7. The first-order valence-electron chi connectivity index (χ1n) is 11.1. The molecule has 1 fully saturated rings. The van der Waals surface area contributed by atoms with Crippen LogP contribution in [0.1, 0.15) is 43.4 Å². The van der Waals surface area contributed by atoms with Gasteiger partial charge in [-0.25, -0.2) is 10.4 Å². The molecule has 32 heavy (non-hydrogen) atoms. The molecule has 1 saturated heterocycles. The monoisotopic (exact) mass is 488 g/mol. The van der Waals surface area contributed by atoms with Gasteiger partial charge < -0.3 is 0 Å². The van der Waals surface area contributed by atoms with Crippen LogP contribution in [0, 0.1) is 0 Å². The number of nitrogens with one attached hydrogen (secondary N) is 2. The number of thiophene rings is 1. The van der Waals surface area contributed by atoms with Crippen LogP contribution in [0.2, 0.25) is 10.0 Å². The fourth-order valence-corrected chi connectivity index (χ4v) is 5.91. The van der Waals surface area contributed by atoms with E-state index in [1.807, 2.05) is 17.1 Å². The van der Waals surface area contributed by atoms with Crippen LogP contribution in [0.15, 0.2) is 52.6 Å². The van der Waals surface area contributed by atoms with Gasteiger partial charge in [-0.15, -0.1) is 11.3 Å². The van der Waals surface area contributed by atoms with Gasteiger partial charge in [0.15, 0.2) is 0 Å². The Hall–Kier alpha value is -1.83. The maximum Gasteiger partial charge on any atom is 0.257 e. The molecular formula is C24H26Cl2N4OS. The zero-order valence-corrected chi connectivity index (χ0v) is 20.1. The highest BCUT2D eigenvalue weighted by atomic mass is 35.5. The van der Waals surface area contributed by atoms with Crippen molar-refractivity contribution in [3.63, 3.8) is 0 Å². The topological polar surface area (TPSA) is 47.6 Å². The summed E-state index contributed by atoms with van der Waals surface area (Å²) in [5, 5.41) is 7.27. The number of amides is 1. The molecule has 2 aliphatic heterocycles. The summed E-state index contributed by atoms with van der Waals surface area (Å²) in [5.41, 5.74) is 10.8. The normalized spacial score (nSPS) is 23.0. The zero-order chi connectivity index (χ0) is 22.1. The van der Waals surface area contributed by atoms with Crippen LogP contribution >= 0.6 is 34.5 Å². The highest BCUT2D eigenvalue weighted by molar-refractivity contribution is 7.10. The van der Waals surface area contributed by atoms with Crippen molar-refractivity contribution in [3.8, 4) is 0 Å². The number of carbonyl (C=O) groups is 1. The van der Waals surface area contributed by atoms with Crippen LogP contribution in [0.5, 0.6) is 0 Å². The average molecular weight is 489 g/mol. The van der Waals surface area contributed by atoms with Crippen molar-refractivity contribution in [2.24, 2.45) is 0 Å². The van der Waals surface area contributed by atoms with Crippen molar-refractivity contribution in [2.75, 3.05) is 18.1 Å². The molecule has 1 atom stereocenters. The lowest BCUT2D eigenvalue weighted by molar-refractivity contribution is -0.127. The predicted molar refractivity (Wildman–Crippen MR) is 133 cm³/mol. The van der Waals surface area contributed by atoms with Gasteiger partial charge in [-0.3, -0.25) is 15.2 Å². The second kappa shape index (κ2) is 9.57. The summed E-state index contributed by atoms with van der Waals surface area (Å²) in [6.45, 7) is 1.81. The molecular weight excluding hydrogens is 463 g/mol. The van der Waals surface area contributed by atoms with Crippen LogP contribution in [0.3, 0.4) is 0 Å². The van der Waals surface area contributed by atoms with Gasteiger partial charge in [-0.1, -0.05) is 35.7 Å². The Morgan fingerprint density at radius 1 is 1.12 bits per heavy atom. The number of anilines is 1. The number of benzene rings is 1. The number of carbonyl (C=O) groups excluding carboxylic acids is 1. The van der Waals surface area contributed by atoms with Crippen LogP contribution in [0.4, 0.5) is 5.69 Å². The van der Waals surface area contributed by atoms with Crippen LogP contribution in [-0.2, 0) is 4.79 Å². The lowest BCUT2D eigenvalue weighted by atomic mass is 9.88. The second-order valence-electron chi connectivity index (χ2n) is 8.43. The van der Waals surface area contributed by atoms with Gasteiger partial charge in [0.05, 0.1) is 16.4 Å². The number of halogens is 2. The Labute approximate surface area is 202 Å².